The molecule has 9 aromatic carbocycles. The number of imidazole rings is 1. The normalized spacial score (nSPS) is 13.2. The lowest BCUT2D eigenvalue weighted by Gasteiger charge is -2.27. The maximum absolute atomic E-state index is 9.27. The SMILES string of the molecule is [2H]c1c([2H])c([2H])c(-c2cccc(-c3cc(C(C)(C)C)cc(C(C)(C)C)c3)c2-[n+]2[c-]n(-c3cccc(Cc4ccc5c6ccccc6n(-c6nccc7oc8c(-c9ccccc9)cccc8c67)c5c4)c3)c3ccccc32)c([2H])c1[2H]. The highest BCUT2D eigenvalue weighted by Crippen LogP contribution is 2.42. The monoisotopic (exact) mass is 961 g/mol. The lowest BCUT2D eigenvalue weighted by molar-refractivity contribution is -0.571. The van der Waals surface area contributed by atoms with Gasteiger partial charge in [-0.3, -0.25) is 13.7 Å². The molecule has 4 aromatic heterocycles. The molecule has 5 heteroatoms. The Labute approximate surface area is 439 Å². The maximum atomic E-state index is 9.27. The van der Waals surface area contributed by atoms with Gasteiger partial charge in [0.05, 0.1) is 45.7 Å². The molecule has 5 nitrogen and oxygen atoms in total. The van der Waals surface area contributed by atoms with Crippen LogP contribution in [0, 0.1) is 6.33 Å². The maximum Gasteiger partial charge on any atom is 0.269 e. The van der Waals surface area contributed by atoms with Crippen LogP contribution < -0.4 is 4.57 Å². The second kappa shape index (κ2) is 17.5. The second-order valence-electron chi connectivity index (χ2n) is 21.5. The van der Waals surface area contributed by atoms with E-state index in [0.717, 1.165) is 99.7 Å². The Kier molecular flexibility index (Phi) is 9.38. The third-order valence-electron chi connectivity index (χ3n) is 14.6. The molecule has 0 saturated heterocycles. The summed E-state index contributed by atoms with van der Waals surface area (Å²) in [6.07, 6.45) is 6.25. The number of para-hydroxylation sites is 5. The highest BCUT2D eigenvalue weighted by Gasteiger charge is 2.26. The first-order valence-electron chi connectivity index (χ1n) is 27.8. The van der Waals surface area contributed by atoms with E-state index in [1.807, 2.05) is 47.2 Å². The number of rotatable bonds is 8. The molecule has 0 aliphatic carbocycles. The highest BCUT2D eigenvalue weighted by molar-refractivity contribution is 6.15. The summed E-state index contributed by atoms with van der Waals surface area (Å²) in [6.45, 7) is 13.3. The topological polar surface area (TPSA) is 39.8 Å². The van der Waals surface area contributed by atoms with Crippen molar-refractivity contribution < 1.29 is 15.8 Å². The second-order valence-corrected chi connectivity index (χ2v) is 21.5. The van der Waals surface area contributed by atoms with Crippen molar-refractivity contribution in [3.63, 3.8) is 0 Å². The number of hydrogen-bond acceptors (Lipinski definition) is 2. The van der Waals surface area contributed by atoms with Gasteiger partial charge in [0.2, 0.25) is 0 Å². The summed E-state index contributed by atoms with van der Waals surface area (Å²) in [4.78, 5) is 5.13. The van der Waals surface area contributed by atoms with Crippen molar-refractivity contribution in [2.75, 3.05) is 0 Å². The van der Waals surface area contributed by atoms with Gasteiger partial charge in [0, 0.05) is 27.9 Å². The summed E-state index contributed by atoms with van der Waals surface area (Å²) < 4.78 is 57.7. The van der Waals surface area contributed by atoms with E-state index in [1.165, 1.54) is 11.1 Å². The van der Waals surface area contributed by atoms with E-state index in [9.17, 15) is 2.74 Å². The van der Waals surface area contributed by atoms with Gasteiger partial charge in [-0.15, -0.1) is 0 Å². The van der Waals surface area contributed by atoms with Crippen LogP contribution in [-0.2, 0) is 17.3 Å². The van der Waals surface area contributed by atoms with Crippen LogP contribution in [-0.4, -0.2) is 14.1 Å². The number of aromatic nitrogens is 4. The van der Waals surface area contributed by atoms with Crippen LogP contribution in [0.15, 0.2) is 223 Å². The van der Waals surface area contributed by atoms with Crippen molar-refractivity contribution in [3.05, 3.63) is 247 Å². The molecule has 74 heavy (non-hydrogen) atoms. The van der Waals surface area contributed by atoms with Crippen LogP contribution in [0.1, 0.15) is 70.7 Å². The zero-order valence-electron chi connectivity index (χ0n) is 47.3. The standard InChI is InChI=1S/C69H56N4O/c1-68(2,3)50-41-49(42-51(43-50)69(4,5)6)54-28-18-27-53(47-21-9-7-10-22-47)65(54)72-44-71(60-32-15-16-33-61(60)72)52-25-17-20-45(39-52)38-46-34-35-57-56-26-13-14-31-59(56)73(62(57)40-46)67-64-58-30-19-29-55(48-23-11-8-12-24-48)66(58)74-63(64)36-37-70-67/h7-37,39-43H,38H2,1-6H3/i7D,9D,10D,21D,22D. The molecule has 0 amide bonds. The molecule has 358 valence electrons. The van der Waals surface area contributed by atoms with Crippen molar-refractivity contribution in [1.29, 1.82) is 0 Å². The van der Waals surface area contributed by atoms with Gasteiger partial charge in [-0.05, 0) is 97.7 Å². The third-order valence-corrected chi connectivity index (χ3v) is 14.6. The molecule has 0 unspecified atom stereocenters. The predicted molar refractivity (Wildman–Crippen MR) is 306 cm³/mol. The molecule has 13 aromatic rings. The molecule has 0 spiro atoms. The summed E-state index contributed by atoms with van der Waals surface area (Å²) in [5, 5.41) is 4.23. The fourth-order valence-corrected chi connectivity index (χ4v) is 10.8. The van der Waals surface area contributed by atoms with E-state index in [0.29, 0.717) is 17.7 Å². The Morgan fingerprint density at radius 2 is 1.19 bits per heavy atom. The van der Waals surface area contributed by atoms with Crippen molar-refractivity contribution >= 4 is 54.8 Å². The van der Waals surface area contributed by atoms with Crippen molar-refractivity contribution in [2.45, 2.75) is 58.8 Å². The number of benzene rings is 9. The van der Waals surface area contributed by atoms with Gasteiger partial charge in [-0.1, -0.05) is 223 Å². The average molecular weight is 962 g/mol. The molecule has 4 heterocycles. The van der Waals surface area contributed by atoms with Crippen molar-refractivity contribution in [2.24, 2.45) is 0 Å². The Hall–Kier alpha value is -8.80. The van der Waals surface area contributed by atoms with E-state index in [1.54, 1.807) is 0 Å². The van der Waals surface area contributed by atoms with E-state index < -0.39 is 6.04 Å². The zero-order chi connectivity index (χ0) is 54.6. The van der Waals surface area contributed by atoms with Crippen LogP contribution >= 0.6 is 0 Å². The van der Waals surface area contributed by atoms with Crippen LogP contribution in [0.3, 0.4) is 0 Å². The van der Waals surface area contributed by atoms with E-state index in [4.69, 9.17) is 13.5 Å². The smallest absolute Gasteiger partial charge is 0.269 e. The summed E-state index contributed by atoms with van der Waals surface area (Å²) in [7, 11) is 0. The van der Waals surface area contributed by atoms with Crippen LogP contribution in [0.5, 0.6) is 0 Å². The minimum atomic E-state index is -0.433. The molecule has 0 aliphatic heterocycles. The molecule has 13 rings (SSSR count). The largest absolute Gasteiger partial charge is 0.455 e. The highest BCUT2D eigenvalue weighted by atomic mass is 16.3. The predicted octanol–water partition coefficient (Wildman–Crippen LogP) is 17.3. The van der Waals surface area contributed by atoms with Gasteiger partial charge < -0.3 is 4.42 Å². The molecule has 0 atom stereocenters. The molecule has 0 fully saturated rings. The van der Waals surface area contributed by atoms with Crippen molar-refractivity contribution in [3.8, 4) is 50.6 Å². The summed E-state index contributed by atoms with van der Waals surface area (Å²) >= 11 is 0. The van der Waals surface area contributed by atoms with Crippen molar-refractivity contribution in [1.82, 2.24) is 14.1 Å². The van der Waals surface area contributed by atoms with Gasteiger partial charge in [-0.25, -0.2) is 4.98 Å². The number of fused-ring (bicyclic) bond motifs is 7. The Morgan fingerprint density at radius 1 is 0.541 bits per heavy atom. The summed E-state index contributed by atoms with van der Waals surface area (Å²) in [5.74, 6) is 0.808. The first kappa shape index (κ1) is 39.8. The van der Waals surface area contributed by atoms with Crippen LogP contribution in [0.2, 0.25) is 0 Å². The molecule has 0 saturated carbocycles. The van der Waals surface area contributed by atoms with Gasteiger partial charge in [0.1, 0.15) is 17.0 Å². The van der Waals surface area contributed by atoms with Gasteiger partial charge in [0.15, 0.2) is 0 Å². The minimum absolute atomic E-state index is 0.129. The summed E-state index contributed by atoms with van der Waals surface area (Å²) in [6, 6.07) is 61.5. The Morgan fingerprint density at radius 3 is 1.97 bits per heavy atom. The van der Waals surface area contributed by atoms with Crippen LogP contribution in [0.4, 0.5) is 0 Å². The van der Waals surface area contributed by atoms with Gasteiger partial charge >= 0.3 is 0 Å². The summed E-state index contributed by atoms with van der Waals surface area (Å²) in [5.41, 5.74) is 15.7. The molecular formula is C69H56N4O. The number of pyridine rings is 1. The van der Waals surface area contributed by atoms with Gasteiger partial charge in [0.25, 0.3) is 6.33 Å². The molecular weight excluding hydrogens is 901 g/mol. The number of hydrogen-bond donors (Lipinski definition) is 0. The third kappa shape index (κ3) is 7.70. The quantitative estimate of drug-likeness (QED) is 0.112. The Balaban J connectivity index is 0.962. The first-order chi connectivity index (χ1) is 38.0. The van der Waals surface area contributed by atoms with Gasteiger partial charge in [-0.2, -0.15) is 0 Å². The molecule has 0 aliphatic rings. The molecule has 0 bridgehead atoms. The number of nitrogens with zero attached hydrogens (tertiary/aromatic N) is 4. The lowest BCUT2D eigenvalue weighted by atomic mass is 9.78. The first-order valence-corrected chi connectivity index (χ1v) is 25.3. The average Bonchev–Trinajstić information content (AvgIpc) is 4.16. The zero-order valence-corrected chi connectivity index (χ0v) is 42.3. The minimum Gasteiger partial charge on any atom is -0.455 e. The van der Waals surface area contributed by atoms with E-state index in [2.05, 4.69) is 203 Å². The lowest BCUT2D eigenvalue weighted by Crippen LogP contribution is -2.31. The fourth-order valence-electron chi connectivity index (χ4n) is 10.8. The van der Waals surface area contributed by atoms with Crippen LogP contribution in [0.25, 0.3) is 105 Å². The fraction of sp³-hybridized carbons (Fsp3) is 0.130. The molecule has 0 N–H and O–H groups in total. The number of furan rings is 1. The van der Waals surface area contributed by atoms with E-state index >= 15 is 0 Å². The van der Waals surface area contributed by atoms with E-state index in [-0.39, 0.29) is 40.6 Å². The Bertz CT molecular complexity index is 4550. The molecule has 0 radical (unpaired) electrons.